The lowest BCUT2D eigenvalue weighted by Crippen LogP contribution is -2.47. The van der Waals surface area contributed by atoms with Crippen LogP contribution in [0.1, 0.15) is 40.5 Å². The first-order chi connectivity index (χ1) is 5.77. The summed E-state index contributed by atoms with van der Waals surface area (Å²) in [5.74, 6) is 0. The highest BCUT2D eigenvalue weighted by atomic mass is 32.2. The van der Waals surface area contributed by atoms with Gasteiger partial charge in [-0.3, -0.25) is 0 Å². The minimum absolute atomic E-state index is 0.419. The molecule has 0 heterocycles. The van der Waals surface area contributed by atoms with Gasteiger partial charge >= 0.3 is 0 Å². The van der Waals surface area contributed by atoms with E-state index in [-0.39, 0.29) is 0 Å². The first-order valence-corrected chi connectivity index (χ1v) is 6.04. The molecule has 2 N–H and O–H groups in total. The Kier molecular flexibility index (Phi) is 4.88. The van der Waals surface area contributed by atoms with Gasteiger partial charge in [-0.1, -0.05) is 13.3 Å². The molecule has 0 aliphatic heterocycles. The molecule has 0 aromatic rings. The van der Waals surface area contributed by atoms with E-state index in [0.717, 1.165) is 12.8 Å². The topological polar surface area (TPSA) is 58.2 Å². The van der Waals surface area contributed by atoms with Crippen molar-refractivity contribution >= 4 is 10.2 Å². The predicted molar refractivity (Wildman–Crippen MR) is 54.7 cm³/mol. The molecular formula is C8H20N2O2S. The van der Waals surface area contributed by atoms with Gasteiger partial charge in [0.2, 0.25) is 0 Å². The lowest BCUT2D eigenvalue weighted by Gasteiger charge is -2.20. The Morgan fingerprint density at radius 3 is 2.15 bits per heavy atom. The average molecular weight is 208 g/mol. The fourth-order valence-electron chi connectivity index (χ4n) is 0.822. The van der Waals surface area contributed by atoms with Crippen molar-refractivity contribution in [3.05, 3.63) is 0 Å². The van der Waals surface area contributed by atoms with Gasteiger partial charge < -0.3 is 0 Å². The molecule has 0 fully saturated rings. The molecule has 0 radical (unpaired) electrons. The molecule has 0 aromatic carbocycles. The van der Waals surface area contributed by atoms with Crippen LogP contribution in [0, 0.1) is 0 Å². The van der Waals surface area contributed by atoms with Gasteiger partial charge in [-0.15, -0.1) is 0 Å². The van der Waals surface area contributed by atoms with Crippen LogP contribution in [0.4, 0.5) is 0 Å². The molecule has 4 nitrogen and oxygen atoms in total. The fourth-order valence-corrected chi connectivity index (χ4v) is 2.11. The van der Waals surface area contributed by atoms with Crippen LogP contribution in [0.15, 0.2) is 0 Å². The molecule has 0 spiro atoms. The second kappa shape index (κ2) is 4.93. The maximum Gasteiger partial charge on any atom is 0.277 e. The third kappa shape index (κ3) is 8.21. The third-order valence-corrected chi connectivity index (χ3v) is 2.73. The summed E-state index contributed by atoms with van der Waals surface area (Å²) in [6.07, 6.45) is 1.85. The van der Waals surface area contributed by atoms with Gasteiger partial charge in [-0.05, 0) is 27.2 Å². The molecule has 5 heteroatoms. The summed E-state index contributed by atoms with van der Waals surface area (Å²) in [6.45, 7) is 7.96. The van der Waals surface area contributed by atoms with Gasteiger partial charge in [0.25, 0.3) is 10.2 Å². The minimum atomic E-state index is -3.31. The zero-order chi connectivity index (χ0) is 10.5. The average Bonchev–Trinajstić information content (AvgIpc) is 1.81. The van der Waals surface area contributed by atoms with Crippen molar-refractivity contribution in [1.82, 2.24) is 9.44 Å². The van der Waals surface area contributed by atoms with Crippen LogP contribution in [0.2, 0.25) is 0 Å². The SMILES string of the molecule is CCCCNS(=O)(=O)NC(C)(C)C. The normalized spacial score (nSPS) is 13.2. The smallest absolute Gasteiger partial charge is 0.202 e. The number of unbranched alkanes of at least 4 members (excludes halogenated alkanes) is 1. The Labute approximate surface area is 81.3 Å². The van der Waals surface area contributed by atoms with Crippen LogP contribution in [0.3, 0.4) is 0 Å². The number of rotatable bonds is 5. The Morgan fingerprint density at radius 1 is 1.23 bits per heavy atom. The molecule has 80 valence electrons. The van der Waals surface area contributed by atoms with Gasteiger partial charge in [0.05, 0.1) is 0 Å². The monoisotopic (exact) mass is 208 g/mol. The van der Waals surface area contributed by atoms with Gasteiger partial charge in [-0.2, -0.15) is 13.1 Å². The van der Waals surface area contributed by atoms with Crippen molar-refractivity contribution in [2.45, 2.75) is 46.1 Å². The van der Waals surface area contributed by atoms with E-state index < -0.39 is 15.7 Å². The van der Waals surface area contributed by atoms with Gasteiger partial charge in [0.15, 0.2) is 0 Å². The Balaban J connectivity index is 3.96. The van der Waals surface area contributed by atoms with E-state index in [1.165, 1.54) is 0 Å². The Hall–Kier alpha value is -0.130. The number of hydrogen-bond donors (Lipinski definition) is 2. The van der Waals surface area contributed by atoms with Crippen molar-refractivity contribution in [2.75, 3.05) is 6.54 Å². The lowest BCUT2D eigenvalue weighted by atomic mass is 10.1. The van der Waals surface area contributed by atoms with Gasteiger partial charge in [0, 0.05) is 12.1 Å². The maximum absolute atomic E-state index is 11.3. The van der Waals surface area contributed by atoms with Crippen LogP contribution in [0.25, 0.3) is 0 Å². The quantitative estimate of drug-likeness (QED) is 0.662. The zero-order valence-electron chi connectivity index (χ0n) is 8.85. The second-order valence-corrected chi connectivity index (χ2v) is 5.60. The van der Waals surface area contributed by atoms with Crippen molar-refractivity contribution in [3.63, 3.8) is 0 Å². The first kappa shape index (κ1) is 12.9. The molecule has 0 saturated heterocycles. The van der Waals surface area contributed by atoms with E-state index >= 15 is 0 Å². The summed E-state index contributed by atoms with van der Waals surface area (Å²) in [7, 11) is -3.31. The molecule has 0 amide bonds. The number of nitrogens with one attached hydrogen (secondary N) is 2. The summed E-state index contributed by atoms with van der Waals surface area (Å²) in [5, 5.41) is 0. The Morgan fingerprint density at radius 2 is 1.77 bits per heavy atom. The van der Waals surface area contributed by atoms with E-state index in [1.54, 1.807) is 0 Å². The largest absolute Gasteiger partial charge is 0.277 e. The zero-order valence-corrected chi connectivity index (χ0v) is 9.66. The number of hydrogen-bond acceptors (Lipinski definition) is 2. The highest BCUT2D eigenvalue weighted by Crippen LogP contribution is 2.00. The lowest BCUT2D eigenvalue weighted by molar-refractivity contribution is 0.483. The Bertz CT molecular complexity index is 229. The molecule has 0 saturated carbocycles. The summed E-state index contributed by atoms with van der Waals surface area (Å²) < 4.78 is 27.6. The highest BCUT2D eigenvalue weighted by molar-refractivity contribution is 7.87. The minimum Gasteiger partial charge on any atom is -0.202 e. The summed E-state index contributed by atoms with van der Waals surface area (Å²) in [5.41, 5.74) is -0.419. The van der Waals surface area contributed by atoms with Crippen LogP contribution < -0.4 is 9.44 Å². The van der Waals surface area contributed by atoms with E-state index in [0.29, 0.717) is 6.54 Å². The molecule has 0 aliphatic carbocycles. The van der Waals surface area contributed by atoms with Crippen LogP contribution in [-0.2, 0) is 10.2 Å². The molecular weight excluding hydrogens is 188 g/mol. The third-order valence-electron chi connectivity index (χ3n) is 1.26. The summed E-state index contributed by atoms with van der Waals surface area (Å²) >= 11 is 0. The van der Waals surface area contributed by atoms with Gasteiger partial charge in [-0.25, -0.2) is 4.72 Å². The molecule has 0 rings (SSSR count). The van der Waals surface area contributed by atoms with Crippen molar-refractivity contribution in [3.8, 4) is 0 Å². The standard InChI is InChI=1S/C8H20N2O2S/c1-5-6-7-9-13(11,12)10-8(2,3)4/h9-10H,5-7H2,1-4H3. The van der Waals surface area contributed by atoms with E-state index in [4.69, 9.17) is 0 Å². The van der Waals surface area contributed by atoms with E-state index in [9.17, 15) is 8.42 Å². The maximum atomic E-state index is 11.3. The second-order valence-electron chi connectivity index (χ2n) is 4.10. The van der Waals surface area contributed by atoms with Crippen molar-refractivity contribution < 1.29 is 8.42 Å². The van der Waals surface area contributed by atoms with E-state index in [1.807, 2.05) is 27.7 Å². The highest BCUT2D eigenvalue weighted by Gasteiger charge is 2.18. The molecule has 0 aromatic heterocycles. The summed E-state index contributed by atoms with van der Waals surface area (Å²) in [4.78, 5) is 0. The van der Waals surface area contributed by atoms with Crippen LogP contribution >= 0.6 is 0 Å². The van der Waals surface area contributed by atoms with E-state index in [2.05, 4.69) is 9.44 Å². The van der Waals surface area contributed by atoms with Gasteiger partial charge in [0.1, 0.15) is 0 Å². The van der Waals surface area contributed by atoms with Crippen LogP contribution in [-0.4, -0.2) is 20.5 Å². The molecule has 0 aliphatic rings. The predicted octanol–water partition coefficient (Wildman–Crippen LogP) is 1.01. The molecule has 0 unspecified atom stereocenters. The molecule has 0 bridgehead atoms. The summed E-state index contributed by atoms with van der Waals surface area (Å²) in [6, 6.07) is 0. The molecule has 13 heavy (non-hydrogen) atoms. The molecule has 0 atom stereocenters. The fraction of sp³-hybridized carbons (Fsp3) is 1.00. The van der Waals surface area contributed by atoms with Crippen LogP contribution in [0.5, 0.6) is 0 Å². The van der Waals surface area contributed by atoms with Crippen molar-refractivity contribution in [1.29, 1.82) is 0 Å². The first-order valence-electron chi connectivity index (χ1n) is 4.55. The van der Waals surface area contributed by atoms with Crippen molar-refractivity contribution in [2.24, 2.45) is 0 Å².